The van der Waals surface area contributed by atoms with E-state index in [4.69, 9.17) is 4.42 Å². The van der Waals surface area contributed by atoms with Gasteiger partial charge in [0, 0.05) is 63.0 Å². The van der Waals surface area contributed by atoms with Crippen molar-refractivity contribution < 1.29 is 4.42 Å². The van der Waals surface area contributed by atoms with Gasteiger partial charge in [-0.1, -0.05) is 18.2 Å². The smallest absolute Gasteiger partial charge is 0.298 e. The van der Waals surface area contributed by atoms with Crippen molar-refractivity contribution in [3.63, 3.8) is 0 Å². The molecule has 0 amide bonds. The molecule has 6 rings (SSSR count). The zero-order chi connectivity index (χ0) is 20.8. The first-order chi connectivity index (χ1) is 15.2. The van der Waals surface area contributed by atoms with Crippen LogP contribution in [-0.4, -0.2) is 53.7 Å². The average Bonchev–Trinajstić information content (AvgIpc) is 3.08. The van der Waals surface area contributed by atoms with Crippen LogP contribution >= 0.6 is 24.8 Å². The van der Waals surface area contributed by atoms with Crippen LogP contribution in [0.3, 0.4) is 0 Å². The summed E-state index contributed by atoms with van der Waals surface area (Å²) < 4.78 is 8.04. The Labute approximate surface area is 206 Å². The second-order valence-corrected chi connectivity index (χ2v) is 9.24. The third kappa shape index (κ3) is 4.64. The van der Waals surface area contributed by atoms with Gasteiger partial charge in [-0.25, -0.2) is 0 Å². The number of pyridine rings is 1. The van der Waals surface area contributed by atoms with E-state index >= 15 is 0 Å². The number of anilines is 1. The number of nitrogens with one attached hydrogen (secondary N) is 1. The molecule has 0 unspecified atom stereocenters. The fourth-order valence-electron chi connectivity index (χ4n) is 5.51. The number of para-hydroxylation sites is 2. The van der Waals surface area contributed by atoms with E-state index in [9.17, 15) is 4.79 Å². The van der Waals surface area contributed by atoms with E-state index in [2.05, 4.69) is 36.8 Å². The summed E-state index contributed by atoms with van der Waals surface area (Å²) in [5.41, 5.74) is 4.10. The first-order valence-electron chi connectivity index (χ1n) is 11.5. The lowest BCUT2D eigenvalue weighted by Crippen LogP contribution is -2.45. The predicted octanol–water partition coefficient (Wildman–Crippen LogP) is 3.25. The Morgan fingerprint density at radius 1 is 1.03 bits per heavy atom. The van der Waals surface area contributed by atoms with Crippen LogP contribution in [0.25, 0.3) is 11.1 Å². The number of halogens is 2. The van der Waals surface area contributed by atoms with E-state index < -0.39 is 0 Å². The lowest BCUT2D eigenvalue weighted by molar-refractivity contribution is 0.252. The number of piperidine rings is 1. The minimum absolute atomic E-state index is 0. The van der Waals surface area contributed by atoms with Crippen LogP contribution < -0.4 is 15.8 Å². The number of rotatable bonds is 3. The maximum Gasteiger partial charge on any atom is 0.298 e. The van der Waals surface area contributed by atoms with Crippen molar-refractivity contribution in [2.75, 3.05) is 44.2 Å². The van der Waals surface area contributed by atoms with Crippen LogP contribution in [-0.2, 0) is 13.1 Å². The van der Waals surface area contributed by atoms with Gasteiger partial charge in [-0.05, 0) is 43.5 Å². The molecule has 3 aliphatic heterocycles. The SMILES string of the molecule is Cl.Cl.O=c1c(CN2CCCN(c3nc4ccccc4o3)CC2)ccc2n1C[C@@H]1CNC[C@H]2C1. The van der Waals surface area contributed by atoms with Crippen LogP contribution in [0.15, 0.2) is 45.6 Å². The van der Waals surface area contributed by atoms with Gasteiger partial charge < -0.3 is 19.2 Å². The molecule has 1 N–H and O–H groups in total. The number of oxazole rings is 1. The van der Waals surface area contributed by atoms with Crippen molar-refractivity contribution in [3.8, 4) is 0 Å². The Bertz CT molecular complexity index is 1130. The van der Waals surface area contributed by atoms with Crippen LogP contribution in [0.2, 0.25) is 0 Å². The van der Waals surface area contributed by atoms with Gasteiger partial charge in [-0.2, -0.15) is 4.98 Å². The minimum Gasteiger partial charge on any atom is -0.423 e. The summed E-state index contributed by atoms with van der Waals surface area (Å²) in [5, 5.41) is 3.52. The van der Waals surface area contributed by atoms with Crippen LogP contribution in [0.4, 0.5) is 6.01 Å². The molecule has 0 saturated carbocycles. The molecule has 5 heterocycles. The number of aromatic nitrogens is 2. The Kier molecular flexibility index (Phi) is 7.34. The Morgan fingerprint density at radius 2 is 1.91 bits per heavy atom. The molecule has 33 heavy (non-hydrogen) atoms. The van der Waals surface area contributed by atoms with Crippen molar-refractivity contribution >= 4 is 41.9 Å². The quantitative estimate of drug-likeness (QED) is 0.606. The highest BCUT2D eigenvalue weighted by atomic mass is 35.5. The molecule has 0 aliphatic carbocycles. The Morgan fingerprint density at radius 3 is 2.79 bits per heavy atom. The molecule has 2 atom stereocenters. The van der Waals surface area contributed by atoms with Gasteiger partial charge in [0.1, 0.15) is 5.52 Å². The molecule has 2 saturated heterocycles. The highest BCUT2D eigenvalue weighted by Crippen LogP contribution is 2.32. The molecule has 0 spiro atoms. The summed E-state index contributed by atoms with van der Waals surface area (Å²) in [6, 6.07) is 12.9. The maximum atomic E-state index is 13.3. The van der Waals surface area contributed by atoms with Crippen molar-refractivity contribution in [2.24, 2.45) is 5.92 Å². The van der Waals surface area contributed by atoms with Gasteiger partial charge in [-0.15, -0.1) is 24.8 Å². The number of hydrogen-bond donors (Lipinski definition) is 1. The number of fused-ring (bicyclic) bond motifs is 5. The Hall–Kier alpha value is -2.06. The van der Waals surface area contributed by atoms with E-state index in [-0.39, 0.29) is 30.4 Å². The lowest BCUT2D eigenvalue weighted by Gasteiger charge is -2.37. The second kappa shape index (κ2) is 10.1. The Balaban J connectivity index is 0.00000130. The lowest BCUT2D eigenvalue weighted by atomic mass is 9.84. The molecule has 178 valence electrons. The largest absolute Gasteiger partial charge is 0.423 e. The molecule has 9 heteroatoms. The molecule has 2 fully saturated rings. The molecule has 2 aromatic heterocycles. The van der Waals surface area contributed by atoms with E-state index in [1.165, 1.54) is 12.1 Å². The van der Waals surface area contributed by atoms with E-state index in [1.807, 2.05) is 24.3 Å². The highest BCUT2D eigenvalue weighted by molar-refractivity contribution is 5.85. The molecule has 3 aromatic rings. The zero-order valence-corrected chi connectivity index (χ0v) is 20.2. The normalized spacial score (nSPS) is 22.7. The summed E-state index contributed by atoms with van der Waals surface area (Å²) in [7, 11) is 0. The molecule has 0 radical (unpaired) electrons. The molecular weight excluding hydrogens is 461 g/mol. The van der Waals surface area contributed by atoms with Crippen molar-refractivity contribution in [1.29, 1.82) is 0 Å². The fourth-order valence-corrected chi connectivity index (χ4v) is 5.51. The molecular formula is C24H31Cl2N5O2. The predicted molar refractivity (Wildman–Crippen MR) is 135 cm³/mol. The van der Waals surface area contributed by atoms with Crippen LogP contribution in [0.5, 0.6) is 0 Å². The third-order valence-corrected chi connectivity index (χ3v) is 7.12. The molecule has 1 aromatic carbocycles. The van der Waals surface area contributed by atoms with Crippen molar-refractivity contribution in [1.82, 2.24) is 19.8 Å². The summed E-state index contributed by atoms with van der Waals surface area (Å²) in [4.78, 5) is 22.6. The monoisotopic (exact) mass is 491 g/mol. The van der Waals surface area contributed by atoms with Gasteiger partial charge in [0.05, 0.1) is 0 Å². The van der Waals surface area contributed by atoms with Gasteiger partial charge in [0.15, 0.2) is 5.58 Å². The summed E-state index contributed by atoms with van der Waals surface area (Å²) in [6.45, 7) is 7.25. The summed E-state index contributed by atoms with van der Waals surface area (Å²) in [5.74, 6) is 1.07. The average molecular weight is 492 g/mol. The zero-order valence-electron chi connectivity index (χ0n) is 18.6. The number of benzene rings is 1. The van der Waals surface area contributed by atoms with Crippen LogP contribution in [0.1, 0.15) is 30.0 Å². The second-order valence-electron chi connectivity index (χ2n) is 9.24. The van der Waals surface area contributed by atoms with Crippen LogP contribution in [0, 0.1) is 5.92 Å². The summed E-state index contributed by atoms with van der Waals surface area (Å²) >= 11 is 0. The van der Waals surface area contributed by atoms with E-state index in [0.717, 1.165) is 68.9 Å². The van der Waals surface area contributed by atoms with Crippen molar-refractivity contribution in [2.45, 2.75) is 31.8 Å². The summed E-state index contributed by atoms with van der Waals surface area (Å²) in [6.07, 6.45) is 2.24. The number of hydrogen-bond acceptors (Lipinski definition) is 6. The van der Waals surface area contributed by atoms with Gasteiger partial charge >= 0.3 is 0 Å². The first-order valence-corrected chi connectivity index (χ1v) is 11.5. The number of nitrogens with zero attached hydrogens (tertiary/aromatic N) is 4. The van der Waals surface area contributed by atoms with Crippen molar-refractivity contribution in [3.05, 3.63) is 58.0 Å². The third-order valence-electron chi connectivity index (χ3n) is 7.12. The van der Waals surface area contributed by atoms with Gasteiger partial charge in [0.2, 0.25) is 0 Å². The molecule has 7 nitrogen and oxygen atoms in total. The van der Waals surface area contributed by atoms with Gasteiger partial charge in [-0.3, -0.25) is 9.69 Å². The van der Waals surface area contributed by atoms with E-state index in [1.54, 1.807) is 0 Å². The minimum atomic E-state index is 0. The molecule has 3 aliphatic rings. The van der Waals surface area contributed by atoms with E-state index in [0.29, 0.717) is 24.4 Å². The standard InChI is InChI=1S/C24H29N5O2.2ClH/c30-23-18(6-7-21-19-12-17(13-25-14-19)15-29(21)23)16-27-8-3-9-28(11-10-27)24-26-20-4-1-2-5-22(20)31-24;;/h1-2,4-7,17,19,25H,3,8-16H2;2*1H/t17-,19+;;/m0../s1. The fraction of sp³-hybridized carbons (Fsp3) is 0.500. The molecule has 2 bridgehead atoms. The highest BCUT2D eigenvalue weighted by Gasteiger charge is 2.31. The van der Waals surface area contributed by atoms with Gasteiger partial charge in [0.25, 0.3) is 11.6 Å². The topological polar surface area (TPSA) is 66.5 Å². The first kappa shape index (κ1) is 24.1. The maximum absolute atomic E-state index is 13.3.